The number of aryl methyl sites for hydroxylation is 1. The van der Waals surface area contributed by atoms with Gasteiger partial charge in [0.1, 0.15) is 12.4 Å². The van der Waals surface area contributed by atoms with Crippen LogP contribution >= 0.6 is 15.9 Å². The van der Waals surface area contributed by atoms with E-state index in [9.17, 15) is 9.18 Å². The van der Waals surface area contributed by atoms with E-state index >= 15 is 0 Å². The van der Waals surface area contributed by atoms with E-state index < -0.39 is 0 Å². The minimum atomic E-state index is -0.195. The molecule has 0 spiro atoms. The van der Waals surface area contributed by atoms with Gasteiger partial charge in [-0.1, -0.05) is 28.9 Å². The second-order valence-corrected chi connectivity index (χ2v) is 6.56. The predicted octanol–water partition coefficient (Wildman–Crippen LogP) is 2.55. The number of hydrogen-bond donors (Lipinski definition) is 2. The van der Waals surface area contributed by atoms with Crippen molar-refractivity contribution in [2.45, 2.75) is 26.2 Å². The number of aliphatic imine (C=N–C) groups is 1. The summed E-state index contributed by atoms with van der Waals surface area (Å²) in [6, 6.07) is 5.11. The van der Waals surface area contributed by atoms with E-state index in [1.54, 1.807) is 20.2 Å². The number of rotatable bonds is 8. The Labute approximate surface area is 151 Å². The lowest BCUT2D eigenvalue weighted by Crippen LogP contribution is -2.39. The quantitative estimate of drug-likeness (QED) is 0.400. The minimum absolute atomic E-state index is 0.0514. The van der Waals surface area contributed by atoms with Crippen LogP contribution < -0.4 is 10.6 Å². The number of nitrogens with zero attached hydrogens (tertiary/aromatic N) is 2. The zero-order chi connectivity index (χ0) is 17.9. The van der Waals surface area contributed by atoms with Gasteiger partial charge in [-0.2, -0.15) is 0 Å². The number of nitrogens with one attached hydrogen (secondary N) is 2. The molecule has 0 aliphatic heterocycles. The molecule has 0 aliphatic rings. The minimum Gasteiger partial charge on any atom is -0.356 e. The third-order valence-corrected chi connectivity index (χ3v) is 3.84. The first-order valence-corrected chi connectivity index (χ1v) is 8.89. The molecule has 2 N–H and O–H groups in total. The number of guanidine groups is 1. The van der Waals surface area contributed by atoms with Crippen molar-refractivity contribution >= 4 is 27.8 Å². The third-order valence-electron chi connectivity index (χ3n) is 3.34. The van der Waals surface area contributed by atoms with Crippen molar-refractivity contribution in [1.82, 2.24) is 15.5 Å². The van der Waals surface area contributed by atoms with Crippen molar-refractivity contribution in [3.8, 4) is 0 Å². The van der Waals surface area contributed by atoms with Gasteiger partial charge in [-0.3, -0.25) is 4.79 Å². The number of hydrogen-bond acceptors (Lipinski definition) is 2. The van der Waals surface area contributed by atoms with E-state index in [4.69, 9.17) is 0 Å². The smallest absolute Gasteiger partial charge is 0.243 e. The molecule has 0 radical (unpaired) electrons. The molecule has 1 amide bonds. The van der Waals surface area contributed by atoms with Crippen molar-refractivity contribution in [3.63, 3.8) is 0 Å². The topological polar surface area (TPSA) is 56.7 Å². The maximum absolute atomic E-state index is 13.8. The standard InChI is InChI=1S/C17H26BrFN4O/c1-4-9-20-17(22-12-16(24)23(2)3)21-10-5-6-13-7-8-14(18)11-15(13)19/h7-8,11H,4-6,9-10,12H2,1-3H3,(H2,20,21,22). The summed E-state index contributed by atoms with van der Waals surface area (Å²) in [4.78, 5) is 17.4. The molecule has 0 saturated heterocycles. The molecule has 0 fully saturated rings. The molecule has 0 atom stereocenters. The number of benzene rings is 1. The summed E-state index contributed by atoms with van der Waals surface area (Å²) >= 11 is 3.25. The fourth-order valence-corrected chi connectivity index (χ4v) is 2.25. The molecule has 0 bridgehead atoms. The van der Waals surface area contributed by atoms with E-state index in [1.807, 2.05) is 6.07 Å². The molecular formula is C17H26BrFN4O. The zero-order valence-corrected chi connectivity index (χ0v) is 16.1. The SMILES string of the molecule is CCCNC(=NCC(=O)N(C)C)NCCCc1ccc(Br)cc1F. The fraction of sp³-hybridized carbons (Fsp3) is 0.529. The van der Waals surface area contributed by atoms with Crippen LogP contribution in [-0.2, 0) is 11.2 Å². The predicted molar refractivity (Wildman–Crippen MR) is 99.7 cm³/mol. The maximum Gasteiger partial charge on any atom is 0.243 e. The Hall–Kier alpha value is -1.63. The number of halogens is 2. The number of carbonyl (C=O) groups excluding carboxylic acids is 1. The van der Waals surface area contributed by atoms with Gasteiger partial charge in [0.15, 0.2) is 5.96 Å². The Bertz CT molecular complexity index is 564. The van der Waals surface area contributed by atoms with Crippen LogP contribution in [0.15, 0.2) is 27.7 Å². The highest BCUT2D eigenvalue weighted by molar-refractivity contribution is 9.10. The highest BCUT2D eigenvalue weighted by Gasteiger charge is 2.05. The first kappa shape index (κ1) is 20.4. The Morgan fingerprint density at radius 1 is 1.29 bits per heavy atom. The Morgan fingerprint density at radius 3 is 2.62 bits per heavy atom. The van der Waals surface area contributed by atoms with Gasteiger partial charge < -0.3 is 15.5 Å². The fourth-order valence-electron chi connectivity index (χ4n) is 1.92. The van der Waals surface area contributed by atoms with Gasteiger partial charge in [0.2, 0.25) is 5.91 Å². The first-order chi connectivity index (χ1) is 11.4. The molecule has 0 heterocycles. The first-order valence-electron chi connectivity index (χ1n) is 8.10. The van der Waals surface area contributed by atoms with Crippen LogP contribution in [0, 0.1) is 5.82 Å². The average molecular weight is 401 g/mol. The second-order valence-electron chi connectivity index (χ2n) is 5.65. The molecule has 1 aromatic rings. The van der Waals surface area contributed by atoms with E-state index in [0.29, 0.717) is 24.5 Å². The summed E-state index contributed by atoms with van der Waals surface area (Å²) in [6.45, 7) is 3.60. The van der Waals surface area contributed by atoms with Crippen LogP contribution in [0.25, 0.3) is 0 Å². The molecule has 0 aliphatic carbocycles. The average Bonchev–Trinajstić information content (AvgIpc) is 2.54. The maximum atomic E-state index is 13.8. The molecule has 134 valence electrons. The summed E-state index contributed by atoms with van der Waals surface area (Å²) in [5, 5.41) is 6.36. The Balaban J connectivity index is 2.46. The van der Waals surface area contributed by atoms with Crippen LogP contribution in [0.5, 0.6) is 0 Å². The molecule has 24 heavy (non-hydrogen) atoms. The van der Waals surface area contributed by atoms with Crippen molar-refractivity contribution < 1.29 is 9.18 Å². The molecule has 1 aromatic carbocycles. The summed E-state index contributed by atoms with van der Waals surface area (Å²) < 4.78 is 14.5. The normalized spacial score (nSPS) is 11.3. The van der Waals surface area contributed by atoms with Gasteiger partial charge in [-0.25, -0.2) is 9.38 Å². The van der Waals surface area contributed by atoms with Crippen molar-refractivity contribution in [2.24, 2.45) is 4.99 Å². The van der Waals surface area contributed by atoms with Crippen LogP contribution in [0.1, 0.15) is 25.3 Å². The largest absolute Gasteiger partial charge is 0.356 e. The molecule has 0 saturated carbocycles. The number of carbonyl (C=O) groups is 1. The lowest BCUT2D eigenvalue weighted by molar-refractivity contribution is -0.127. The lowest BCUT2D eigenvalue weighted by atomic mass is 10.1. The second kappa shape index (κ2) is 11.0. The molecular weight excluding hydrogens is 375 g/mol. The van der Waals surface area contributed by atoms with Crippen molar-refractivity contribution in [1.29, 1.82) is 0 Å². The molecule has 7 heteroatoms. The molecule has 5 nitrogen and oxygen atoms in total. The van der Waals surface area contributed by atoms with E-state index in [1.165, 1.54) is 11.0 Å². The number of likely N-dealkylation sites (N-methyl/N-ethyl adjacent to an activating group) is 1. The van der Waals surface area contributed by atoms with Gasteiger partial charge in [0, 0.05) is 31.7 Å². The molecule has 0 aromatic heterocycles. The van der Waals surface area contributed by atoms with Gasteiger partial charge in [0.05, 0.1) is 0 Å². The summed E-state index contributed by atoms with van der Waals surface area (Å²) in [5.41, 5.74) is 0.697. The monoisotopic (exact) mass is 400 g/mol. The zero-order valence-electron chi connectivity index (χ0n) is 14.5. The van der Waals surface area contributed by atoms with E-state index in [0.717, 1.165) is 23.9 Å². The van der Waals surface area contributed by atoms with Crippen LogP contribution in [-0.4, -0.2) is 50.5 Å². The summed E-state index contributed by atoms with van der Waals surface area (Å²) in [5.74, 6) is 0.367. The summed E-state index contributed by atoms with van der Waals surface area (Å²) in [7, 11) is 3.41. The lowest BCUT2D eigenvalue weighted by Gasteiger charge is -2.13. The van der Waals surface area contributed by atoms with Gasteiger partial charge in [-0.15, -0.1) is 0 Å². The van der Waals surface area contributed by atoms with Crippen LogP contribution in [0.2, 0.25) is 0 Å². The Kier molecular flexibility index (Phi) is 9.37. The van der Waals surface area contributed by atoms with E-state index in [-0.39, 0.29) is 18.3 Å². The highest BCUT2D eigenvalue weighted by atomic mass is 79.9. The molecule has 0 unspecified atom stereocenters. The van der Waals surface area contributed by atoms with E-state index in [2.05, 4.69) is 38.5 Å². The highest BCUT2D eigenvalue weighted by Crippen LogP contribution is 2.16. The van der Waals surface area contributed by atoms with Gasteiger partial charge in [0.25, 0.3) is 0 Å². The van der Waals surface area contributed by atoms with Gasteiger partial charge >= 0.3 is 0 Å². The Morgan fingerprint density at radius 2 is 2.00 bits per heavy atom. The van der Waals surface area contributed by atoms with Gasteiger partial charge in [-0.05, 0) is 37.0 Å². The number of amides is 1. The van der Waals surface area contributed by atoms with Crippen molar-refractivity contribution in [3.05, 3.63) is 34.1 Å². The third kappa shape index (κ3) is 7.77. The van der Waals surface area contributed by atoms with Crippen molar-refractivity contribution in [2.75, 3.05) is 33.7 Å². The molecule has 1 rings (SSSR count). The summed E-state index contributed by atoms with van der Waals surface area (Å²) in [6.07, 6.45) is 2.38. The van der Waals surface area contributed by atoms with Crippen LogP contribution in [0.3, 0.4) is 0 Å². The van der Waals surface area contributed by atoms with Crippen LogP contribution in [0.4, 0.5) is 4.39 Å².